The highest BCUT2D eigenvalue weighted by atomic mass is 16.4. The first-order valence-electron chi connectivity index (χ1n) is 9.17. The number of amides is 1. The van der Waals surface area contributed by atoms with Gasteiger partial charge in [-0.1, -0.05) is 24.3 Å². The molecule has 128 valence electrons. The largest absolute Gasteiger partial charge is 0.481 e. The van der Waals surface area contributed by atoms with Gasteiger partial charge in [0.25, 0.3) is 0 Å². The molecule has 2 aliphatic carbocycles. The van der Waals surface area contributed by atoms with E-state index in [0.717, 1.165) is 45.2 Å². The molecular weight excluding hydrogens is 302 g/mol. The van der Waals surface area contributed by atoms with Gasteiger partial charge in [0, 0.05) is 19.5 Å². The predicted octanol–water partition coefficient (Wildman–Crippen LogP) is 3.21. The van der Waals surface area contributed by atoms with Crippen molar-refractivity contribution < 1.29 is 14.7 Å². The molecule has 0 radical (unpaired) electrons. The number of carboxylic acid groups (broad SMARTS) is 1. The van der Waals surface area contributed by atoms with Gasteiger partial charge in [0.05, 0.1) is 5.92 Å². The summed E-state index contributed by atoms with van der Waals surface area (Å²) in [6, 6.07) is 8.53. The Labute approximate surface area is 142 Å². The van der Waals surface area contributed by atoms with Crippen LogP contribution in [0.2, 0.25) is 0 Å². The molecule has 1 saturated carbocycles. The van der Waals surface area contributed by atoms with E-state index in [-0.39, 0.29) is 17.2 Å². The molecule has 1 heterocycles. The number of hydrogen-bond acceptors (Lipinski definition) is 2. The first-order chi connectivity index (χ1) is 11.6. The Morgan fingerprint density at radius 1 is 1.21 bits per heavy atom. The maximum absolute atomic E-state index is 12.7. The molecular formula is C20H25NO3. The number of piperidine rings is 1. The molecule has 0 bridgehead atoms. The predicted molar refractivity (Wildman–Crippen MR) is 90.7 cm³/mol. The van der Waals surface area contributed by atoms with Gasteiger partial charge in [-0.25, -0.2) is 0 Å². The zero-order valence-electron chi connectivity index (χ0n) is 14.0. The quantitative estimate of drug-likeness (QED) is 0.927. The zero-order valence-corrected chi connectivity index (χ0v) is 14.0. The van der Waals surface area contributed by atoms with Crippen LogP contribution in [0, 0.1) is 11.3 Å². The molecule has 1 saturated heterocycles. The van der Waals surface area contributed by atoms with E-state index in [2.05, 4.69) is 24.3 Å². The number of hydrogen-bond donors (Lipinski definition) is 1. The second kappa shape index (κ2) is 5.91. The molecule has 1 amide bonds. The fourth-order valence-corrected chi connectivity index (χ4v) is 4.86. The molecule has 2 fully saturated rings. The van der Waals surface area contributed by atoms with Gasteiger partial charge >= 0.3 is 5.97 Å². The van der Waals surface area contributed by atoms with Crippen LogP contribution >= 0.6 is 0 Å². The number of carbonyl (C=O) groups is 2. The average Bonchev–Trinajstić information content (AvgIpc) is 3.30. The molecule has 4 heteroatoms. The number of carboxylic acids is 1. The summed E-state index contributed by atoms with van der Waals surface area (Å²) in [5, 5.41) is 9.17. The van der Waals surface area contributed by atoms with E-state index in [1.165, 1.54) is 17.5 Å². The summed E-state index contributed by atoms with van der Waals surface area (Å²) in [4.78, 5) is 25.9. The monoisotopic (exact) mass is 327 g/mol. The maximum atomic E-state index is 12.7. The van der Waals surface area contributed by atoms with Gasteiger partial charge in [0.1, 0.15) is 0 Å². The summed E-state index contributed by atoms with van der Waals surface area (Å²) in [5.74, 6) is -0.223. The lowest BCUT2D eigenvalue weighted by Gasteiger charge is -2.34. The average molecular weight is 327 g/mol. The van der Waals surface area contributed by atoms with Crippen LogP contribution in [0.4, 0.5) is 0 Å². The van der Waals surface area contributed by atoms with Crippen LogP contribution in [-0.4, -0.2) is 35.0 Å². The highest BCUT2D eigenvalue weighted by Gasteiger charge is 2.59. The van der Waals surface area contributed by atoms with Gasteiger partial charge in [-0.2, -0.15) is 0 Å². The van der Waals surface area contributed by atoms with Crippen molar-refractivity contribution >= 4 is 11.9 Å². The van der Waals surface area contributed by atoms with Gasteiger partial charge < -0.3 is 10.0 Å². The van der Waals surface area contributed by atoms with E-state index in [1.807, 2.05) is 4.90 Å². The normalized spacial score (nSPS) is 27.6. The highest BCUT2D eigenvalue weighted by molar-refractivity contribution is 5.78. The Hall–Kier alpha value is -1.84. The first kappa shape index (κ1) is 15.7. The van der Waals surface area contributed by atoms with Gasteiger partial charge in [-0.05, 0) is 61.0 Å². The summed E-state index contributed by atoms with van der Waals surface area (Å²) in [6.07, 6.45) is 6.52. The molecule has 0 aromatic heterocycles. The molecule has 2 unspecified atom stereocenters. The number of rotatable bonds is 3. The Balaban J connectivity index is 1.36. The van der Waals surface area contributed by atoms with Crippen LogP contribution in [0.3, 0.4) is 0 Å². The fourth-order valence-electron chi connectivity index (χ4n) is 4.86. The number of nitrogens with zero attached hydrogens (tertiary/aromatic N) is 1. The fraction of sp³-hybridized carbons (Fsp3) is 0.600. The van der Waals surface area contributed by atoms with Crippen molar-refractivity contribution in [3.8, 4) is 0 Å². The third kappa shape index (κ3) is 2.72. The van der Waals surface area contributed by atoms with Crippen LogP contribution in [0.25, 0.3) is 0 Å². The molecule has 1 spiro atoms. The van der Waals surface area contributed by atoms with Gasteiger partial charge in [-0.3, -0.25) is 9.59 Å². The third-order valence-corrected chi connectivity index (χ3v) is 6.51. The summed E-state index contributed by atoms with van der Waals surface area (Å²) >= 11 is 0. The number of aliphatic carboxylic acids is 1. The molecule has 1 aromatic rings. The van der Waals surface area contributed by atoms with Crippen molar-refractivity contribution in [1.29, 1.82) is 0 Å². The summed E-state index contributed by atoms with van der Waals surface area (Å²) in [6.45, 7) is 1.47. The lowest BCUT2D eigenvalue weighted by Crippen LogP contribution is -2.40. The second-order valence-corrected chi connectivity index (χ2v) is 7.83. The lowest BCUT2D eigenvalue weighted by molar-refractivity contribution is -0.139. The lowest BCUT2D eigenvalue weighted by atomic mass is 9.80. The number of aryl methyl sites for hydroxylation is 1. The number of fused-ring (bicyclic) bond motifs is 1. The number of likely N-dealkylation sites (tertiary alicyclic amines) is 1. The minimum Gasteiger partial charge on any atom is -0.481 e. The number of carbonyl (C=O) groups excluding carboxylic acids is 1. The van der Waals surface area contributed by atoms with Crippen LogP contribution in [0.5, 0.6) is 0 Å². The Morgan fingerprint density at radius 3 is 2.67 bits per heavy atom. The van der Waals surface area contributed by atoms with Gasteiger partial charge in [0.2, 0.25) is 5.91 Å². The number of benzene rings is 1. The van der Waals surface area contributed by atoms with Crippen molar-refractivity contribution in [2.75, 3.05) is 13.1 Å². The van der Waals surface area contributed by atoms with Crippen LogP contribution in [-0.2, 0) is 16.0 Å². The molecule has 4 rings (SSSR count). The van der Waals surface area contributed by atoms with E-state index < -0.39 is 5.97 Å². The molecule has 2 atom stereocenters. The standard InChI is InChI=1S/C20H25NO3/c22-18(12-15-6-3-5-14-4-1-2-7-16(14)15)21-10-8-20(9-11-21)13-17(20)19(23)24/h1-2,4,7,15,17H,3,5-6,8-13H2,(H,23,24). The van der Waals surface area contributed by atoms with E-state index in [9.17, 15) is 14.7 Å². The summed E-state index contributed by atoms with van der Waals surface area (Å²) < 4.78 is 0. The summed E-state index contributed by atoms with van der Waals surface area (Å²) in [5.41, 5.74) is 2.76. The molecule has 24 heavy (non-hydrogen) atoms. The Morgan fingerprint density at radius 2 is 1.96 bits per heavy atom. The van der Waals surface area contributed by atoms with E-state index in [1.54, 1.807) is 0 Å². The first-order valence-corrected chi connectivity index (χ1v) is 9.17. The van der Waals surface area contributed by atoms with Crippen LogP contribution in [0.15, 0.2) is 24.3 Å². The minimum atomic E-state index is -0.659. The maximum Gasteiger partial charge on any atom is 0.307 e. The molecule has 1 N–H and O–H groups in total. The van der Waals surface area contributed by atoms with Gasteiger partial charge in [0.15, 0.2) is 0 Å². The SMILES string of the molecule is O=C(O)C1CC12CCN(C(=O)CC1CCCc3ccccc31)CC2. The van der Waals surface area contributed by atoms with Crippen LogP contribution < -0.4 is 0 Å². The third-order valence-electron chi connectivity index (χ3n) is 6.51. The van der Waals surface area contributed by atoms with Crippen molar-refractivity contribution in [1.82, 2.24) is 4.90 Å². The van der Waals surface area contributed by atoms with Crippen molar-refractivity contribution in [2.24, 2.45) is 11.3 Å². The van der Waals surface area contributed by atoms with Crippen molar-refractivity contribution in [3.63, 3.8) is 0 Å². The van der Waals surface area contributed by atoms with E-state index >= 15 is 0 Å². The van der Waals surface area contributed by atoms with E-state index in [4.69, 9.17) is 0 Å². The highest BCUT2D eigenvalue weighted by Crippen LogP contribution is 2.59. The Kier molecular flexibility index (Phi) is 3.86. The van der Waals surface area contributed by atoms with Crippen molar-refractivity contribution in [2.45, 2.75) is 50.9 Å². The summed E-state index contributed by atoms with van der Waals surface area (Å²) in [7, 11) is 0. The zero-order chi connectivity index (χ0) is 16.7. The van der Waals surface area contributed by atoms with Crippen LogP contribution in [0.1, 0.15) is 55.6 Å². The van der Waals surface area contributed by atoms with E-state index in [0.29, 0.717) is 12.3 Å². The molecule has 1 aliphatic heterocycles. The second-order valence-electron chi connectivity index (χ2n) is 7.83. The van der Waals surface area contributed by atoms with Crippen molar-refractivity contribution in [3.05, 3.63) is 35.4 Å². The molecule has 4 nitrogen and oxygen atoms in total. The Bertz CT molecular complexity index is 661. The molecule has 3 aliphatic rings. The minimum absolute atomic E-state index is 0.0000511. The topological polar surface area (TPSA) is 57.6 Å². The van der Waals surface area contributed by atoms with Gasteiger partial charge in [-0.15, -0.1) is 0 Å². The smallest absolute Gasteiger partial charge is 0.307 e. The molecule has 1 aromatic carbocycles.